The van der Waals surface area contributed by atoms with E-state index in [1.165, 1.54) is 5.57 Å². The number of aromatic amines is 2. The van der Waals surface area contributed by atoms with Crippen LogP contribution in [0.25, 0.3) is 0 Å². The molecule has 6 heteroatoms. The Morgan fingerprint density at radius 1 is 0.911 bits per heavy atom. The van der Waals surface area contributed by atoms with Crippen LogP contribution in [0.15, 0.2) is 51.6 Å². The molecule has 45 heavy (non-hydrogen) atoms. The number of ether oxygens (including phenoxy) is 1. The fourth-order valence-corrected chi connectivity index (χ4v) is 12.3. The van der Waals surface area contributed by atoms with Crippen molar-refractivity contribution in [2.45, 2.75) is 112 Å². The lowest BCUT2D eigenvalue weighted by molar-refractivity contribution is -0.184. The number of carbonyl (C=O) groups excluding carboxylic acids is 1. The topological polar surface area (TPSA) is 92.0 Å². The van der Waals surface area contributed by atoms with Gasteiger partial charge in [0, 0.05) is 16.7 Å². The quantitative estimate of drug-likeness (QED) is 0.278. The number of carbonyl (C=O) groups is 1. The Labute approximate surface area is 267 Å². The molecule has 0 radical (unpaired) electrons. The summed E-state index contributed by atoms with van der Waals surface area (Å²) in [5.41, 5.74) is 2.65. The minimum atomic E-state index is -0.471. The summed E-state index contributed by atoms with van der Waals surface area (Å²) in [6.07, 6.45) is 10.2. The molecule has 0 unspecified atom stereocenters. The number of benzene rings is 1. The van der Waals surface area contributed by atoms with Crippen molar-refractivity contribution in [1.82, 2.24) is 9.97 Å². The Morgan fingerprint density at radius 3 is 2.38 bits per heavy atom. The first-order valence-corrected chi connectivity index (χ1v) is 17.5. The van der Waals surface area contributed by atoms with Crippen LogP contribution < -0.4 is 11.2 Å². The summed E-state index contributed by atoms with van der Waals surface area (Å²) in [5, 5.41) is 0. The summed E-state index contributed by atoms with van der Waals surface area (Å²) < 4.78 is 6.19. The third-order valence-electron chi connectivity index (χ3n) is 15.0. The highest BCUT2D eigenvalue weighted by Crippen LogP contribution is 2.75. The zero-order chi connectivity index (χ0) is 32.2. The van der Waals surface area contributed by atoms with Crippen LogP contribution >= 0.6 is 0 Å². The molecule has 2 aromatic rings. The fraction of sp³-hybridized carbons (Fsp3) is 0.667. The Kier molecular flexibility index (Phi) is 6.87. The van der Waals surface area contributed by atoms with E-state index in [-0.39, 0.29) is 39.1 Å². The standard InChI is InChI=1S/C39H52N2O4/c1-23-15-18-39(33(43)45-22-25-11-9-8-10-12-25)20-19-37(6)27(30(39)24(23)2)13-14-29-36(5)21-26-31(40-34(44)41-32(26)42)35(3,4)28(36)16-17-38(29,37)7/h8-13,23-24,28-30H,14-22H2,1-7H3,(H2,40,41,42,44)/t23-,24-,28+,29-,30-,36+,37+,38-,39-/m0/s1. The lowest BCUT2D eigenvalue weighted by Gasteiger charge is -2.70. The Bertz CT molecular complexity index is 1670. The number of esters is 1. The molecule has 7 rings (SSSR count). The number of rotatable bonds is 3. The molecule has 1 aromatic heterocycles. The second-order valence-corrected chi connectivity index (χ2v) is 17.0. The molecular formula is C39H52N2O4. The molecule has 242 valence electrons. The summed E-state index contributed by atoms with van der Waals surface area (Å²) in [5.74, 6) is 1.89. The summed E-state index contributed by atoms with van der Waals surface area (Å²) in [6.45, 7) is 17.1. The molecule has 3 fully saturated rings. The van der Waals surface area contributed by atoms with Crippen LogP contribution in [0.4, 0.5) is 0 Å². The third-order valence-corrected chi connectivity index (χ3v) is 15.0. The van der Waals surface area contributed by atoms with Crippen LogP contribution in [-0.4, -0.2) is 15.9 Å². The van der Waals surface area contributed by atoms with Gasteiger partial charge in [0.05, 0.1) is 5.41 Å². The van der Waals surface area contributed by atoms with E-state index >= 15 is 0 Å². The Balaban J connectivity index is 1.29. The average Bonchev–Trinajstić information content (AvgIpc) is 2.99. The van der Waals surface area contributed by atoms with Crippen LogP contribution in [0, 0.1) is 51.2 Å². The van der Waals surface area contributed by atoms with E-state index in [4.69, 9.17) is 4.74 Å². The summed E-state index contributed by atoms with van der Waals surface area (Å²) in [7, 11) is 0. The molecule has 9 atom stereocenters. The van der Waals surface area contributed by atoms with Crippen LogP contribution in [0.2, 0.25) is 0 Å². The molecule has 0 amide bonds. The number of fused-ring (bicyclic) bond motifs is 8. The molecule has 0 saturated heterocycles. The van der Waals surface area contributed by atoms with Crippen molar-refractivity contribution >= 4 is 5.97 Å². The predicted octanol–water partition coefficient (Wildman–Crippen LogP) is 7.48. The van der Waals surface area contributed by atoms with Crippen LogP contribution in [0.5, 0.6) is 0 Å². The fourth-order valence-electron chi connectivity index (χ4n) is 12.3. The molecule has 0 bridgehead atoms. The molecule has 0 aliphatic heterocycles. The number of H-pyrrole nitrogens is 2. The summed E-state index contributed by atoms with van der Waals surface area (Å²) >= 11 is 0. The van der Waals surface area contributed by atoms with Crippen molar-refractivity contribution in [3.63, 3.8) is 0 Å². The molecule has 6 nitrogen and oxygen atoms in total. The monoisotopic (exact) mass is 612 g/mol. The van der Waals surface area contributed by atoms with Gasteiger partial charge < -0.3 is 9.72 Å². The van der Waals surface area contributed by atoms with Crippen molar-refractivity contribution in [1.29, 1.82) is 0 Å². The van der Waals surface area contributed by atoms with Crippen molar-refractivity contribution in [3.05, 3.63) is 79.6 Å². The Morgan fingerprint density at radius 2 is 1.64 bits per heavy atom. The third kappa shape index (κ3) is 4.08. The van der Waals surface area contributed by atoms with E-state index in [9.17, 15) is 14.4 Å². The molecule has 5 aliphatic carbocycles. The van der Waals surface area contributed by atoms with Crippen molar-refractivity contribution < 1.29 is 9.53 Å². The smallest absolute Gasteiger partial charge is 0.325 e. The van der Waals surface area contributed by atoms with Crippen LogP contribution in [0.1, 0.15) is 110 Å². The van der Waals surface area contributed by atoms with Gasteiger partial charge in [-0.2, -0.15) is 0 Å². The van der Waals surface area contributed by atoms with E-state index in [1.54, 1.807) is 0 Å². The maximum Gasteiger partial charge on any atom is 0.325 e. The van der Waals surface area contributed by atoms with Gasteiger partial charge in [-0.15, -0.1) is 0 Å². The molecule has 0 spiro atoms. The maximum atomic E-state index is 14.3. The van der Waals surface area contributed by atoms with Crippen molar-refractivity contribution in [2.75, 3.05) is 0 Å². The molecular weight excluding hydrogens is 560 g/mol. The lowest BCUT2D eigenvalue weighted by Crippen LogP contribution is -2.65. The highest BCUT2D eigenvalue weighted by atomic mass is 16.5. The summed E-state index contributed by atoms with van der Waals surface area (Å²) in [6, 6.07) is 10.1. The van der Waals surface area contributed by atoms with Gasteiger partial charge in [0.1, 0.15) is 6.61 Å². The molecule has 1 heterocycles. The summed E-state index contributed by atoms with van der Waals surface area (Å²) in [4.78, 5) is 45.5. The predicted molar refractivity (Wildman–Crippen MR) is 177 cm³/mol. The van der Waals surface area contributed by atoms with Crippen LogP contribution in [-0.2, 0) is 28.0 Å². The van der Waals surface area contributed by atoms with E-state index in [0.29, 0.717) is 36.7 Å². The first-order chi connectivity index (χ1) is 21.2. The van der Waals surface area contributed by atoms with E-state index in [0.717, 1.165) is 61.8 Å². The normalized spacial score (nSPS) is 41.3. The van der Waals surface area contributed by atoms with Crippen molar-refractivity contribution in [2.24, 2.45) is 51.2 Å². The number of hydrogen-bond donors (Lipinski definition) is 2. The van der Waals surface area contributed by atoms with Gasteiger partial charge in [0.2, 0.25) is 0 Å². The number of hydrogen-bond acceptors (Lipinski definition) is 4. The SMILES string of the molecule is C[C@@H]1[C@H]2C3=CC[C@H]4[C@]5(C)Cc6c([nH]c(=O)[nH]c6=O)C(C)(C)[C@H]5CC[C@]4(C)[C@]3(C)CC[C@@]2(C(=O)OCc2ccccc2)CC[C@@H]1C. The molecule has 5 aliphatic rings. The van der Waals surface area contributed by atoms with Gasteiger partial charge in [-0.05, 0) is 103 Å². The second kappa shape index (κ2) is 10.1. The first kappa shape index (κ1) is 30.7. The highest BCUT2D eigenvalue weighted by Gasteiger charge is 2.69. The van der Waals surface area contributed by atoms with E-state index < -0.39 is 11.1 Å². The molecule has 2 N–H and O–H groups in total. The highest BCUT2D eigenvalue weighted by molar-refractivity contribution is 5.79. The minimum absolute atomic E-state index is 0.000135. The lowest BCUT2D eigenvalue weighted by atomic mass is 9.33. The number of aromatic nitrogens is 2. The zero-order valence-electron chi connectivity index (χ0n) is 28.3. The average molecular weight is 613 g/mol. The van der Waals surface area contributed by atoms with Gasteiger partial charge in [0.25, 0.3) is 5.56 Å². The van der Waals surface area contributed by atoms with Gasteiger partial charge in [-0.25, -0.2) is 4.79 Å². The maximum absolute atomic E-state index is 14.3. The van der Waals surface area contributed by atoms with E-state index in [2.05, 4.69) is 64.5 Å². The second-order valence-electron chi connectivity index (χ2n) is 17.0. The first-order valence-electron chi connectivity index (χ1n) is 17.5. The number of nitrogens with one attached hydrogen (secondary N) is 2. The minimum Gasteiger partial charge on any atom is -0.460 e. The van der Waals surface area contributed by atoms with Gasteiger partial charge in [0.15, 0.2) is 0 Å². The molecule has 1 aromatic carbocycles. The van der Waals surface area contributed by atoms with E-state index in [1.807, 2.05) is 30.3 Å². The Hall–Kier alpha value is -2.89. The van der Waals surface area contributed by atoms with Gasteiger partial charge in [-0.1, -0.05) is 90.4 Å². The van der Waals surface area contributed by atoms with Gasteiger partial charge in [-0.3, -0.25) is 14.6 Å². The van der Waals surface area contributed by atoms with Gasteiger partial charge >= 0.3 is 11.7 Å². The van der Waals surface area contributed by atoms with Crippen molar-refractivity contribution in [3.8, 4) is 0 Å². The van der Waals surface area contributed by atoms with Crippen LogP contribution in [0.3, 0.4) is 0 Å². The number of allylic oxidation sites excluding steroid dienone is 2. The zero-order valence-corrected chi connectivity index (χ0v) is 28.3. The molecule has 3 saturated carbocycles. The largest absolute Gasteiger partial charge is 0.460 e.